The van der Waals surface area contributed by atoms with Gasteiger partial charge >= 0.3 is 0 Å². The van der Waals surface area contributed by atoms with Crippen molar-refractivity contribution in [3.05, 3.63) is 17.8 Å². The maximum atomic E-state index is 5.95. The Bertz CT molecular complexity index is 595. The topological polar surface area (TPSA) is 63.4 Å². The Morgan fingerprint density at radius 2 is 1.88 bits per heavy atom. The smallest absolute Gasteiger partial charge is 0.129 e. The van der Waals surface area contributed by atoms with Crippen LogP contribution in [0.5, 0.6) is 0 Å². The maximum absolute atomic E-state index is 5.95. The Balaban J connectivity index is 1.38. The minimum absolute atomic E-state index is 0.258. The van der Waals surface area contributed by atoms with Crippen LogP contribution in [0.4, 0.5) is 11.5 Å². The number of rotatable bonds is 3. The molecular weight excluding hydrogens is 300 g/mol. The van der Waals surface area contributed by atoms with Gasteiger partial charge in [0.05, 0.1) is 24.1 Å². The molecule has 2 saturated carbocycles. The molecule has 1 spiro atoms. The SMILES string of the molecule is Cc1cc(N2C[C@@H](C)O[C@@H](C)C2)ncc1NC1CC2(CC(N)C2)C1. The van der Waals surface area contributed by atoms with Crippen molar-refractivity contribution < 1.29 is 4.74 Å². The van der Waals surface area contributed by atoms with Crippen LogP contribution in [-0.4, -0.2) is 42.4 Å². The normalized spacial score (nSPS) is 38.6. The minimum atomic E-state index is 0.258. The summed E-state index contributed by atoms with van der Waals surface area (Å²) in [5.74, 6) is 1.06. The molecule has 1 aromatic heterocycles. The first-order chi connectivity index (χ1) is 11.4. The lowest BCUT2D eigenvalue weighted by Crippen LogP contribution is -2.57. The molecule has 0 aromatic carbocycles. The third kappa shape index (κ3) is 3.00. The summed E-state index contributed by atoms with van der Waals surface area (Å²) in [6, 6.07) is 3.25. The van der Waals surface area contributed by atoms with Gasteiger partial charge in [-0.3, -0.25) is 0 Å². The number of nitrogens with one attached hydrogen (secondary N) is 1. The Morgan fingerprint density at radius 3 is 2.46 bits per heavy atom. The third-order valence-corrected chi connectivity index (χ3v) is 5.95. The highest BCUT2D eigenvalue weighted by atomic mass is 16.5. The van der Waals surface area contributed by atoms with Gasteiger partial charge < -0.3 is 20.7 Å². The second-order valence-electron chi connectivity index (χ2n) is 8.44. The Morgan fingerprint density at radius 1 is 1.21 bits per heavy atom. The van der Waals surface area contributed by atoms with Crippen LogP contribution in [0.3, 0.4) is 0 Å². The van der Waals surface area contributed by atoms with Crippen LogP contribution >= 0.6 is 0 Å². The van der Waals surface area contributed by atoms with Crippen LogP contribution in [0.1, 0.15) is 45.1 Å². The van der Waals surface area contributed by atoms with E-state index in [2.05, 4.69) is 37.1 Å². The highest BCUT2D eigenvalue weighted by Gasteiger charge is 2.51. The fourth-order valence-corrected chi connectivity index (χ4v) is 4.92. The van der Waals surface area contributed by atoms with Crippen molar-refractivity contribution in [2.45, 2.75) is 70.7 Å². The first kappa shape index (κ1) is 16.2. The molecule has 0 bridgehead atoms. The van der Waals surface area contributed by atoms with Gasteiger partial charge in [-0.25, -0.2) is 4.98 Å². The van der Waals surface area contributed by atoms with Gasteiger partial charge in [0, 0.05) is 25.2 Å². The summed E-state index contributed by atoms with van der Waals surface area (Å²) >= 11 is 0. The number of anilines is 2. The number of aryl methyl sites for hydroxylation is 1. The zero-order chi connectivity index (χ0) is 16.9. The van der Waals surface area contributed by atoms with Crippen LogP contribution < -0.4 is 16.0 Å². The van der Waals surface area contributed by atoms with E-state index in [-0.39, 0.29) is 12.2 Å². The van der Waals surface area contributed by atoms with Crippen LogP contribution in [0.15, 0.2) is 12.3 Å². The molecule has 5 nitrogen and oxygen atoms in total. The molecule has 0 radical (unpaired) electrons. The van der Waals surface area contributed by atoms with Gasteiger partial charge in [-0.2, -0.15) is 0 Å². The molecule has 2 aliphatic carbocycles. The first-order valence-corrected chi connectivity index (χ1v) is 9.32. The predicted octanol–water partition coefficient (Wildman–Crippen LogP) is 2.69. The molecule has 2 heterocycles. The molecule has 4 rings (SSSR count). The summed E-state index contributed by atoms with van der Waals surface area (Å²) in [4.78, 5) is 7.05. The van der Waals surface area contributed by atoms with Crippen molar-refractivity contribution in [3.63, 3.8) is 0 Å². The van der Waals surface area contributed by atoms with E-state index in [0.717, 1.165) is 18.9 Å². The van der Waals surface area contributed by atoms with E-state index in [0.29, 0.717) is 17.5 Å². The molecule has 1 aromatic rings. The Kier molecular flexibility index (Phi) is 3.96. The van der Waals surface area contributed by atoms with Gasteiger partial charge in [0.15, 0.2) is 0 Å². The van der Waals surface area contributed by atoms with E-state index in [1.807, 2.05) is 6.20 Å². The highest BCUT2D eigenvalue weighted by molar-refractivity contribution is 5.56. The lowest BCUT2D eigenvalue weighted by atomic mass is 9.52. The highest BCUT2D eigenvalue weighted by Crippen LogP contribution is 2.55. The molecule has 5 heteroatoms. The number of hydrogen-bond acceptors (Lipinski definition) is 5. The van der Waals surface area contributed by atoms with Crippen molar-refractivity contribution in [3.8, 4) is 0 Å². The number of pyridine rings is 1. The zero-order valence-electron chi connectivity index (χ0n) is 15.1. The molecule has 1 saturated heterocycles. The summed E-state index contributed by atoms with van der Waals surface area (Å²) in [5.41, 5.74) is 8.97. The molecule has 2 atom stereocenters. The molecule has 0 amide bonds. The molecule has 0 unspecified atom stereocenters. The van der Waals surface area contributed by atoms with Gasteiger partial charge in [0.1, 0.15) is 5.82 Å². The van der Waals surface area contributed by atoms with Crippen molar-refractivity contribution in [1.29, 1.82) is 0 Å². The van der Waals surface area contributed by atoms with Crippen molar-refractivity contribution in [2.75, 3.05) is 23.3 Å². The van der Waals surface area contributed by atoms with Gasteiger partial charge in [-0.1, -0.05) is 0 Å². The molecule has 1 aliphatic heterocycles. The van der Waals surface area contributed by atoms with Crippen LogP contribution in [0.25, 0.3) is 0 Å². The molecule has 3 aliphatic rings. The van der Waals surface area contributed by atoms with E-state index >= 15 is 0 Å². The number of morpholine rings is 1. The lowest BCUT2D eigenvalue weighted by molar-refractivity contribution is -0.00546. The molecule has 3 fully saturated rings. The number of nitrogens with zero attached hydrogens (tertiary/aromatic N) is 2. The Hall–Kier alpha value is -1.33. The third-order valence-electron chi connectivity index (χ3n) is 5.95. The molecule has 24 heavy (non-hydrogen) atoms. The number of ether oxygens (including phenoxy) is 1. The molecule has 3 N–H and O–H groups in total. The van der Waals surface area contributed by atoms with Gasteiger partial charge in [0.2, 0.25) is 0 Å². The predicted molar refractivity (Wildman–Crippen MR) is 97.5 cm³/mol. The quantitative estimate of drug-likeness (QED) is 0.892. The summed E-state index contributed by atoms with van der Waals surface area (Å²) in [6.45, 7) is 8.26. The summed E-state index contributed by atoms with van der Waals surface area (Å²) in [5, 5.41) is 3.69. The standard InChI is InChI=1S/C19H30N4O/c1-12-4-18(23-10-13(2)24-14(3)11-23)21-9-17(12)22-16-7-19(8-16)5-15(20)6-19/h4,9,13-16,22H,5-8,10-11,20H2,1-3H3/t13-,14+,15?,16?,19?. The van der Waals surface area contributed by atoms with Crippen LogP contribution in [-0.2, 0) is 4.74 Å². The van der Waals surface area contributed by atoms with Crippen LogP contribution in [0, 0.1) is 12.3 Å². The van der Waals surface area contributed by atoms with E-state index in [1.54, 1.807) is 0 Å². The van der Waals surface area contributed by atoms with E-state index in [9.17, 15) is 0 Å². The van der Waals surface area contributed by atoms with Gasteiger partial charge in [-0.05, 0) is 63.5 Å². The molecule has 132 valence electrons. The largest absolute Gasteiger partial charge is 0.381 e. The summed E-state index contributed by atoms with van der Waals surface area (Å²) in [7, 11) is 0. The van der Waals surface area contributed by atoms with E-state index in [4.69, 9.17) is 15.5 Å². The fraction of sp³-hybridized carbons (Fsp3) is 0.737. The van der Waals surface area contributed by atoms with Gasteiger partial charge in [0.25, 0.3) is 0 Å². The van der Waals surface area contributed by atoms with Gasteiger partial charge in [-0.15, -0.1) is 0 Å². The number of aromatic nitrogens is 1. The second kappa shape index (κ2) is 5.88. The van der Waals surface area contributed by atoms with Crippen molar-refractivity contribution in [2.24, 2.45) is 11.1 Å². The average Bonchev–Trinajstić information content (AvgIpc) is 2.44. The number of nitrogens with two attached hydrogens (primary N) is 1. The van der Waals surface area contributed by atoms with E-state index < -0.39 is 0 Å². The number of hydrogen-bond donors (Lipinski definition) is 2. The first-order valence-electron chi connectivity index (χ1n) is 9.32. The fourth-order valence-electron chi connectivity index (χ4n) is 4.92. The minimum Gasteiger partial charge on any atom is -0.381 e. The average molecular weight is 330 g/mol. The van der Waals surface area contributed by atoms with Crippen LogP contribution in [0.2, 0.25) is 0 Å². The monoisotopic (exact) mass is 330 g/mol. The second-order valence-corrected chi connectivity index (χ2v) is 8.44. The maximum Gasteiger partial charge on any atom is 0.129 e. The lowest BCUT2D eigenvalue weighted by Gasteiger charge is -2.57. The molecular formula is C19H30N4O. The zero-order valence-corrected chi connectivity index (χ0v) is 15.1. The van der Waals surface area contributed by atoms with Crippen molar-refractivity contribution >= 4 is 11.5 Å². The van der Waals surface area contributed by atoms with Crippen molar-refractivity contribution in [1.82, 2.24) is 4.98 Å². The van der Waals surface area contributed by atoms with E-state index in [1.165, 1.54) is 36.9 Å². The summed E-state index contributed by atoms with van der Waals surface area (Å²) in [6.07, 6.45) is 7.49. The Labute approximate surface area is 145 Å². The summed E-state index contributed by atoms with van der Waals surface area (Å²) < 4.78 is 5.82.